The first-order valence-corrected chi connectivity index (χ1v) is 7.95. The molecule has 1 fully saturated rings. The van der Waals surface area contributed by atoms with Crippen LogP contribution in [0.5, 0.6) is 0 Å². The molecule has 0 saturated heterocycles. The molecule has 0 amide bonds. The smallest absolute Gasteiger partial charge is 0.115 e. The fraction of sp³-hybridized carbons (Fsp3) is 0.667. The molecule has 0 spiro atoms. The van der Waals surface area contributed by atoms with Crippen LogP contribution in [-0.2, 0) is 28.4 Å². The lowest BCUT2D eigenvalue weighted by atomic mass is 9.83. The largest absolute Gasteiger partial charge is 0.376 e. The summed E-state index contributed by atoms with van der Waals surface area (Å²) in [6.07, 6.45) is 2.70. The van der Waals surface area contributed by atoms with Crippen molar-refractivity contribution in [1.29, 1.82) is 0 Å². The molecule has 1 saturated carbocycles. The van der Waals surface area contributed by atoms with E-state index in [1.807, 2.05) is 0 Å². The van der Waals surface area contributed by atoms with Gasteiger partial charge in [-0.2, -0.15) is 0 Å². The van der Waals surface area contributed by atoms with Crippen LogP contribution < -0.4 is 0 Å². The van der Waals surface area contributed by atoms with E-state index in [9.17, 15) is 0 Å². The predicted octanol–water partition coefficient (Wildman–Crippen LogP) is 1.76. The first kappa shape index (κ1) is 21.0. The van der Waals surface area contributed by atoms with E-state index >= 15 is 0 Å². The van der Waals surface area contributed by atoms with Crippen LogP contribution in [0, 0.1) is 0 Å². The summed E-state index contributed by atoms with van der Waals surface area (Å²) in [5, 5.41) is 0. The van der Waals surface area contributed by atoms with Crippen LogP contribution in [-0.4, -0.2) is 77.8 Å². The Balaban J connectivity index is 3.16. The molecule has 0 aromatic carbocycles. The molecule has 0 N–H and O–H groups in total. The minimum absolute atomic E-state index is 0.365. The molecule has 0 radical (unpaired) electrons. The molecule has 1 aliphatic carbocycles. The van der Waals surface area contributed by atoms with E-state index in [-0.39, 0.29) is 18.3 Å². The normalized spacial score (nSPS) is 33.1. The molecule has 0 aromatic heterocycles. The fourth-order valence-electron chi connectivity index (χ4n) is 3.03. The summed E-state index contributed by atoms with van der Waals surface area (Å²) in [4.78, 5) is 0. The van der Waals surface area contributed by atoms with Crippen molar-refractivity contribution in [2.24, 2.45) is 0 Å². The van der Waals surface area contributed by atoms with Crippen molar-refractivity contribution in [1.82, 2.24) is 0 Å². The van der Waals surface area contributed by atoms with E-state index in [0.29, 0.717) is 19.8 Å². The third-order valence-corrected chi connectivity index (χ3v) is 3.98. The number of rotatable bonds is 12. The van der Waals surface area contributed by atoms with Gasteiger partial charge >= 0.3 is 0 Å². The van der Waals surface area contributed by atoms with Crippen LogP contribution in [0.4, 0.5) is 0 Å². The van der Waals surface area contributed by atoms with Gasteiger partial charge in [-0.3, -0.25) is 0 Å². The molecule has 0 bridgehead atoms. The van der Waals surface area contributed by atoms with Crippen LogP contribution in [0.25, 0.3) is 0 Å². The highest BCUT2D eigenvalue weighted by Gasteiger charge is 2.53. The molecule has 0 aromatic rings. The van der Waals surface area contributed by atoms with Gasteiger partial charge in [0.25, 0.3) is 0 Å². The van der Waals surface area contributed by atoms with Gasteiger partial charge in [-0.1, -0.05) is 18.2 Å². The average Bonchev–Trinajstić information content (AvgIpc) is 2.61. The predicted molar refractivity (Wildman–Crippen MR) is 92.2 cm³/mol. The SMILES string of the molecule is C=CCOC1C(OC)C(OCC=C)C(OC)C(OCC=C)C1OC. The van der Waals surface area contributed by atoms with Gasteiger partial charge < -0.3 is 28.4 Å². The maximum Gasteiger partial charge on any atom is 0.115 e. The van der Waals surface area contributed by atoms with Crippen molar-refractivity contribution in [3.05, 3.63) is 38.0 Å². The highest BCUT2D eigenvalue weighted by molar-refractivity contribution is 5.04. The Bertz CT molecular complexity index is 317. The summed E-state index contributed by atoms with van der Waals surface area (Å²) in [7, 11) is 4.84. The number of hydrogen-bond acceptors (Lipinski definition) is 6. The topological polar surface area (TPSA) is 55.4 Å². The Morgan fingerprint density at radius 3 is 0.958 bits per heavy atom. The first-order chi connectivity index (χ1) is 11.7. The molecule has 0 aliphatic heterocycles. The second-order valence-corrected chi connectivity index (χ2v) is 5.36. The molecule has 1 rings (SSSR count). The van der Waals surface area contributed by atoms with Gasteiger partial charge in [0.1, 0.15) is 36.6 Å². The molecule has 24 heavy (non-hydrogen) atoms. The van der Waals surface area contributed by atoms with Crippen LogP contribution in [0.1, 0.15) is 0 Å². The zero-order valence-corrected chi connectivity index (χ0v) is 14.9. The summed E-state index contributed by atoms with van der Waals surface area (Å²) in [6, 6.07) is 0. The molecule has 0 heterocycles. The summed E-state index contributed by atoms with van der Waals surface area (Å²) < 4.78 is 34.8. The molecule has 6 heteroatoms. The van der Waals surface area contributed by atoms with Crippen LogP contribution in [0.15, 0.2) is 38.0 Å². The third-order valence-electron chi connectivity index (χ3n) is 3.98. The zero-order valence-electron chi connectivity index (χ0n) is 14.9. The number of ether oxygens (including phenoxy) is 6. The van der Waals surface area contributed by atoms with E-state index < -0.39 is 18.3 Å². The number of methoxy groups -OCH3 is 3. The maximum atomic E-state index is 5.92. The van der Waals surface area contributed by atoms with Gasteiger partial charge in [-0.15, -0.1) is 19.7 Å². The van der Waals surface area contributed by atoms with Crippen molar-refractivity contribution in [3.8, 4) is 0 Å². The van der Waals surface area contributed by atoms with Crippen molar-refractivity contribution in [3.63, 3.8) is 0 Å². The Kier molecular flexibility index (Phi) is 10.1. The van der Waals surface area contributed by atoms with Crippen LogP contribution >= 0.6 is 0 Å². The van der Waals surface area contributed by atoms with Crippen LogP contribution in [0.3, 0.4) is 0 Å². The minimum atomic E-state index is -0.394. The van der Waals surface area contributed by atoms with Gasteiger partial charge in [0.2, 0.25) is 0 Å². The van der Waals surface area contributed by atoms with E-state index in [2.05, 4.69) is 19.7 Å². The Morgan fingerprint density at radius 1 is 0.542 bits per heavy atom. The highest BCUT2D eigenvalue weighted by atomic mass is 16.6. The maximum absolute atomic E-state index is 5.92. The van der Waals surface area contributed by atoms with Gasteiger partial charge in [-0.25, -0.2) is 0 Å². The highest BCUT2D eigenvalue weighted by Crippen LogP contribution is 2.32. The minimum Gasteiger partial charge on any atom is -0.376 e. The van der Waals surface area contributed by atoms with E-state index in [0.717, 1.165) is 0 Å². The lowest BCUT2D eigenvalue weighted by Gasteiger charge is -2.48. The van der Waals surface area contributed by atoms with Crippen molar-refractivity contribution < 1.29 is 28.4 Å². The van der Waals surface area contributed by atoms with Gasteiger partial charge in [0, 0.05) is 21.3 Å². The van der Waals surface area contributed by atoms with Crippen LogP contribution in [0.2, 0.25) is 0 Å². The average molecular weight is 342 g/mol. The fourth-order valence-corrected chi connectivity index (χ4v) is 3.03. The Hall–Kier alpha value is -1.02. The Morgan fingerprint density at radius 2 is 0.792 bits per heavy atom. The third kappa shape index (κ3) is 4.99. The second-order valence-electron chi connectivity index (χ2n) is 5.36. The zero-order chi connectivity index (χ0) is 17.9. The van der Waals surface area contributed by atoms with Gasteiger partial charge in [0.15, 0.2) is 0 Å². The number of hydrogen-bond donors (Lipinski definition) is 0. The van der Waals surface area contributed by atoms with Crippen molar-refractivity contribution in [2.75, 3.05) is 41.2 Å². The summed E-state index contributed by atoms with van der Waals surface area (Å²) in [6.45, 7) is 12.2. The summed E-state index contributed by atoms with van der Waals surface area (Å²) in [5.74, 6) is 0. The lowest BCUT2D eigenvalue weighted by Crippen LogP contribution is -2.67. The second kappa shape index (κ2) is 11.5. The molecule has 1 aliphatic rings. The monoisotopic (exact) mass is 342 g/mol. The van der Waals surface area contributed by atoms with E-state index in [1.165, 1.54) is 0 Å². The molecule has 6 nitrogen and oxygen atoms in total. The standard InChI is InChI=1S/C18H30O6/c1-7-10-22-16-13(19-4)17(23-11-8-2)15(21-6)18(14(16)20-5)24-12-9-3/h7-9,13-18H,1-3,10-12H2,4-6H3. The molecular formula is C18H30O6. The van der Waals surface area contributed by atoms with E-state index in [4.69, 9.17) is 28.4 Å². The summed E-state index contributed by atoms with van der Waals surface area (Å²) in [5.41, 5.74) is 0. The summed E-state index contributed by atoms with van der Waals surface area (Å²) >= 11 is 0. The van der Waals surface area contributed by atoms with Crippen molar-refractivity contribution in [2.45, 2.75) is 36.6 Å². The first-order valence-electron chi connectivity index (χ1n) is 7.95. The molecule has 0 atom stereocenters. The van der Waals surface area contributed by atoms with E-state index in [1.54, 1.807) is 39.6 Å². The quantitative estimate of drug-likeness (QED) is 0.504. The lowest BCUT2D eigenvalue weighted by molar-refractivity contribution is -0.265. The van der Waals surface area contributed by atoms with Gasteiger partial charge in [0.05, 0.1) is 19.8 Å². The molecule has 138 valence electrons. The molecular weight excluding hydrogens is 312 g/mol. The molecule has 0 unspecified atom stereocenters. The Labute approximate surface area is 145 Å². The van der Waals surface area contributed by atoms with Gasteiger partial charge in [-0.05, 0) is 0 Å². The van der Waals surface area contributed by atoms with Crippen molar-refractivity contribution >= 4 is 0 Å².